The Balaban J connectivity index is 1.99. The summed E-state index contributed by atoms with van der Waals surface area (Å²) in [7, 11) is 1.59. The lowest BCUT2D eigenvalue weighted by Crippen LogP contribution is -2.14. The average molecular weight is 376 g/mol. The van der Waals surface area contributed by atoms with E-state index in [1.807, 2.05) is 5.38 Å². The first-order valence-corrected chi connectivity index (χ1v) is 7.95. The summed E-state index contributed by atoms with van der Waals surface area (Å²) in [6, 6.07) is 5.37. The number of thiazole rings is 1. The second kappa shape index (κ2) is 7.06. The molecule has 0 saturated heterocycles. The number of nitrogens with zero attached hydrogens (tertiary/aromatic N) is 1. The summed E-state index contributed by atoms with van der Waals surface area (Å²) in [5, 5.41) is 5.44. The van der Waals surface area contributed by atoms with Crippen molar-refractivity contribution in [3.05, 3.63) is 38.8 Å². The highest BCUT2D eigenvalue weighted by atomic mass is 79.9. The summed E-state index contributed by atoms with van der Waals surface area (Å²) in [5.74, 6) is 0.969. The molecule has 0 fully saturated rings. The standard InChI is InChI=1S/C13H12BrClN2O2S/c1-19-11-3-2-8(4-10(11)14)16-12(18)5-13-17-9(6-15)7-20-13/h2-4,7H,5-6H2,1H3,(H,16,18). The monoisotopic (exact) mass is 374 g/mol. The Morgan fingerprint density at radius 3 is 2.95 bits per heavy atom. The van der Waals surface area contributed by atoms with Crippen molar-refractivity contribution in [3.8, 4) is 5.75 Å². The van der Waals surface area contributed by atoms with E-state index in [2.05, 4.69) is 26.2 Å². The van der Waals surface area contributed by atoms with E-state index in [1.165, 1.54) is 11.3 Å². The number of hydrogen-bond donors (Lipinski definition) is 1. The number of carbonyl (C=O) groups excluding carboxylic acids is 1. The number of hydrogen-bond acceptors (Lipinski definition) is 4. The van der Waals surface area contributed by atoms with Gasteiger partial charge in [-0.3, -0.25) is 4.79 Å². The number of ether oxygens (including phenoxy) is 1. The van der Waals surface area contributed by atoms with Crippen molar-refractivity contribution in [2.45, 2.75) is 12.3 Å². The highest BCUT2D eigenvalue weighted by Gasteiger charge is 2.09. The van der Waals surface area contributed by atoms with E-state index in [1.54, 1.807) is 25.3 Å². The lowest BCUT2D eigenvalue weighted by atomic mass is 10.3. The molecule has 1 aromatic heterocycles. The number of halogens is 2. The number of alkyl halides is 1. The lowest BCUT2D eigenvalue weighted by molar-refractivity contribution is -0.115. The zero-order valence-corrected chi connectivity index (χ0v) is 13.8. The normalized spacial score (nSPS) is 10.3. The topological polar surface area (TPSA) is 51.2 Å². The maximum Gasteiger partial charge on any atom is 0.231 e. The molecule has 0 spiro atoms. The lowest BCUT2D eigenvalue weighted by Gasteiger charge is -2.07. The van der Waals surface area contributed by atoms with Crippen molar-refractivity contribution >= 4 is 50.5 Å². The Kier molecular flexibility index (Phi) is 5.39. The number of methoxy groups -OCH3 is 1. The molecule has 0 atom stereocenters. The number of aromatic nitrogens is 1. The second-order valence-electron chi connectivity index (χ2n) is 3.94. The van der Waals surface area contributed by atoms with Crippen LogP contribution in [0.3, 0.4) is 0 Å². The van der Waals surface area contributed by atoms with Crippen LogP contribution in [-0.2, 0) is 17.1 Å². The Morgan fingerprint density at radius 1 is 1.55 bits per heavy atom. The van der Waals surface area contributed by atoms with Crippen molar-refractivity contribution in [2.24, 2.45) is 0 Å². The summed E-state index contributed by atoms with van der Waals surface area (Å²) in [6.07, 6.45) is 0.241. The second-order valence-corrected chi connectivity index (χ2v) is 6.00. The molecule has 0 saturated carbocycles. The zero-order chi connectivity index (χ0) is 14.5. The number of anilines is 1. The van der Waals surface area contributed by atoms with Gasteiger partial charge < -0.3 is 10.1 Å². The van der Waals surface area contributed by atoms with Crippen molar-refractivity contribution < 1.29 is 9.53 Å². The van der Waals surface area contributed by atoms with Crippen LogP contribution < -0.4 is 10.1 Å². The van der Waals surface area contributed by atoms with Crippen LogP contribution in [0.4, 0.5) is 5.69 Å². The first-order chi connectivity index (χ1) is 9.62. The molecule has 0 unspecified atom stereocenters. The Bertz CT molecular complexity index is 618. The predicted octanol–water partition coefficient (Wildman–Crippen LogP) is 3.83. The van der Waals surface area contributed by atoms with Crippen LogP contribution in [0.15, 0.2) is 28.1 Å². The first-order valence-electron chi connectivity index (χ1n) is 5.75. The largest absolute Gasteiger partial charge is 0.496 e. The third-order valence-electron chi connectivity index (χ3n) is 2.48. The summed E-state index contributed by atoms with van der Waals surface area (Å²) in [4.78, 5) is 16.2. The molecular formula is C13H12BrClN2O2S. The molecule has 1 N–H and O–H groups in total. The van der Waals surface area contributed by atoms with Gasteiger partial charge in [0.05, 0.1) is 29.6 Å². The minimum absolute atomic E-state index is 0.113. The molecule has 0 radical (unpaired) electrons. The number of nitrogens with one attached hydrogen (secondary N) is 1. The highest BCUT2D eigenvalue weighted by Crippen LogP contribution is 2.27. The number of rotatable bonds is 5. The first kappa shape index (κ1) is 15.3. The van der Waals surface area contributed by atoms with Crippen LogP contribution in [0.25, 0.3) is 0 Å². The third kappa shape index (κ3) is 3.94. The van der Waals surface area contributed by atoms with E-state index >= 15 is 0 Å². The molecule has 106 valence electrons. The quantitative estimate of drug-likeness (QED) is 0.808. The van der Waals surface area contributed by atoms with Crippen LogP contribution in [0.2, 0.25) is 0 Å². The van der Waals surface area contributed by atoms with Gasteiger partial charge in [0.1, 0.15) is 10.8 Å². The minimum Gasteiger partial charge on any atom is -0.496 e. The summed E-state index contributed by atoms with van der Waals surface area (Å²) in [6.45, 7) is 0. The Hall–Kier alpha value is -1.11. The molecule has 1 heterocycles. The van der Waals surface area contributed by atoms with Crippen LogP contribution in [0.5, 0.6) is 5.75 Å². The fourth-order valence-corrected chi connectivity index (χ4v) is 3.14. The zero-order valence-electron chi connectivity index (χ0n) is 10.7. The van der Waals surface area contributed by atoms with Crippen molar-refractivity contribution in [1.29, 1.82) is 0 Å². The van der Waals surface area contributed by atoms with Crippen LogP contribution >= 0.6 is 38.9 Å². The molecule has 0 aliphatic carbocycles. The third-order valence-corrected chi connectivity index (χ3v) is 4.27. The summed E-state index contributed by atoms with van der Waals surface area (Å²) in [5.41, 5.74) is 1.50. The molecule has 20 heavy (non-hydrogen) atoms. The fraction of sp³-hybridized carbons (Fsp3) is 0.231. The molecule has 0 bridgehead atoms. The van der Waals surface area contributed by atoms with Crippen molar-refractivity contribution in [1.82, 2.24) is 4.98 Å². The molecule has 4 nitrogen and oxygen atoms in total. The van der Waals surface area contributed by atoms with Gasteiger partial charge in [-0.25, -0.2) is 4.98 Å². The highest BCUT2D eigenvalue weighted by molar-refractivity contribution is 9.10. The Morgan fingerprint density at radius 2 is 2.35 bits per heavy atom. The van der Waals surface area contributed by atoms with Gasteiger partial charge in [0.2, 0.25) is 5.91 Å². The van der Waals surface area contributed by atoms with E-state index in [-0.39, 0.29) is 12.3 Å². The SMILES string of the molecule is COc1ccc(NC(=O)Cc2nc(CCl)cs2)cc1Br. The van der Waals surface area contributed by atoms with Gasteiger partial charge in [-0.05, 0) is 34.1 Å². The smallest absolute Gasteiger partial charge is 0.231 e. The van der Waals surface area contributed by atoms with Crippen molar-refractivity contribution in [2.75, 3.05) is 12.4 Å². The molecule has 0 aliphatic heterocycles. The molecule has 0 aliphatic rings. The van der Waals surface area contributed by atoms with Gasteiger partial charge in [-0.15, -0.1) is 22.9 Å². The predicted molar refractivity (Wildman–Crippen MR) is 84.7 cm³/mol. The minimum atomic E-state index is -0.113. The maximum absolute atomic E-state index is 11.9. The van der Waals surface area contributed by atoms with E-state index in [4.69, 9.17) is 16.3 Å². The van der Waals surface area contributed by atoms with E-state index in [0.29, 0.717) is 11.6 Å². The molecule has 2 rings (SSSR count). The fourth-order valence-electron chi connectivity index (χ4n) is 1.58. The van der Waals surface area contributed by atoms with Gasteiger partial charge in [0.25, 0.3) is 0 Å². The van der Waals surface area contributed by atoms with E-state index in [9.17, 15) is 4.79 Å². The molecule has 1 aromatic carbocycles. The van der Waals surface area contributed by atoms with Crippen molar-refractivity contribution in [3.63, 3.8) is 0 Å². The summed E-state index contributed by atoms with van der Waals surface area (Å²) < 4.78 is 5.92. The average Bonchev–Trinajstić information content (AvgIpc) is 2.86. The Labute approximate surface area is 134 Å². The number of amides is 1. The van der Waals surface area contributed by atoms with Gasteiger partial charge >= 0.3 is 0 Å². The summed E-state index contributed by atoms with van der Waals surface area (Å²) >= 11 is 10.5. The molecule has 7 heteroatoms. The van der Waals surface area contributed by atoms with Gasteiger partial charge in [-0.2, -0.15) is 0 Å². The molecular weight excluding hydrogens is 364 g/mol. The van der Waals surface area contributed by atoms with Crippen LogP contribution in [-0.4, -0.2) is 18.0 Å². The van der Waals surface area contributed by atoms with Crippen LogP contribution in [0.1, 0.15) is 10.7 Å². The van der Waals surface area contributed by atoms with Crippen LogP contribution in [0, 0.1) is 0 Å². The van der Waals surface area contributed by atoms with Gasteiger partial charge in [-0.1, -0.05) is 0 Å². The van der Waals surface area contributed by atoms with Gasteiger partial charge in [0, 0.05) is 11.1 Å². The molecule has 2 aromatic rings. The number of carbonyl (C=O) groups is 1. The maximum atomic E-state index is 11.9. The van der Waals surface area contributed by atoms with E-state index in [0.717, 1.165) is 20.9 Å². The van der Waals surface area contributed by atoms with E-state index < -0.39 is 0 Å². The number of benzene rings is 1. The molecule has 1 amide bonds. The van der Waals surface area contributed by atoms with Gasteiger partial charge in [0.15, 0.2) is 0 Å².